The van der Waals surface area contributed by atoms with Crippen LogP contribution in [0.1, 0.15) is 38.7 Å². The maximum Gasteiger partial charge on any atom is 0.123 e. The third kappa shape index (κ3) is 3.32. The van der Waals surface area contributed by atoms with Crippen LogP contribution >= 0.6 is 15.9 Å². The smallest absolute Gasteiger partial charge is 0.123 e. The zero-order valence-electron chi connectivity index (χ0n) is 12.2. The first-order valence-corrected chi connectivity index (χ1v) is 7.96. The number of halogens is 1. The fourth-order valence-electron chi connectivity index (χ4n) is 3.10. The van der Waals surface area contributed by atoms with Crippen molar-refractivity contribution in [1.29, 1.82) is 0 Å². The summed E-state index contributed by atoms with van der Waals surface area (Å²) >= 11 is 3.55. The maximum absolute atomic E-state index is 5.47. The van der Waals surface area contributed by atoms with Gasteiger partial charge in [-0.15, -0.1) is 0 Å². The highest BCUT2D eigenvalue weighted by atomic mass is 79.9. The molecule has 2 nitrogen and oxygen atoms in total. The van der Waals surface area contributed by atoms with E-state index in [4.69, 9.17) is 4.74 Å². The Morgan fingerprint density at radius 3 is 2.63 bits per heavy atom. The van der Waals surface area contributed by atoms with E-state index in [9.17, 15) is 0 Å². The lowest BCUT2D eigenvalue weighted by atomic mass is 9.82. The molecule has 1 fully saturated rings. The van der Waals surface area contributed by atoms with Gasteiger partial charge in [-0.1, -0.05) is 29.8 Å². The number of ether oxygens (including phenoxy) is 1. The molecule has 2 rings (SSSR count). The number of rotatable bonds is 5. The van der Waals surface area contributed by atoms with E-state index in [2.05, 4.69) is 40.7 Å². The Bertz CT molecular complexity index is 429. The third-order valence-corrected chi connectivity index (χ3v) is 5.15. The van der Waals surface area contributed by atoms with Crippen molar-refractivity contribution in [3.05, 3.63) is 28.2 Å². The minimum atomic E-state index is 0.541. The standard InChI is InChI=1S/C16H24BrNO/c1-4-16(5-2)8-9-18(12-16)11-13-10-14(17)6-7-15(13)19-3/h6-7,10H,4-5,8-9,11-12H2,1-3H3. The van der Waals surface area contributed by atoms with Crippen molar-refractivity contribution in [2.24, 2.45) is 5.41 Å². The van der Waals surface area contributed by atoms with Gasteiger partial charge in [-0.3, -0.25) is 4.90 Å². The van der Waals surface area contributed by atoms with Crippen LogP contribution in [0.5, 0.6) is 5.75 Å². The number of benzene rings is 1. The lowest BCUT2D eigenvalue weighted by Gasteiger charge is -2.26. The van der Waals surface area contributed by atoms with Gasteiger partial charge in [0.25, 0.3) is 0 Å². The van der Waals surface area contributed by atoms with Crippen LogP contribution in [-0.4, -0.2) is 25.1 Å². The molecule has 0 saturated carbocycles. The zero-order chi connectivity index (χ0) is 13.9. The molecule has 1 aromatic carbocycles. The van der Waals surface area contributed by atoms with Crippen molar-refractivity contribution >= 4 is 15.9 Å². The summed E-state index contributed by atoms with van der Waals surface area (Å²) in [5.74, 6) is 0.994. The van der Waals surface area contributed by atoms with Crippen molar-refractivity contribution in [2.75, 3.05) is 20.2 Å². The van der Waals surface area contributed by atoms with Crippen molar-refractivity contribution in [3.8, 4) is 5.75 Å². The fourth-order valence-corrected chi connectivity index (χ4v) is 3.51. The average molecular weight is 326 g/mol. The van der Waals surface area contributed by atoms with Crippen LogP contribution in [0.3, 0.4) is 0 Å². The fraction of sp³-hybridized carbons (Fsp3) is 0.625. The second-order valence-corrected chi connectivity index (χ2v) is 6.54. The van der Waals surface area contributed by atoms with Gasteiger partial charge in [-0.05, 0) is 49.4 Å². The Balaban J connectivity index is 2.08. The first kappa shape index (κ1) is 14.9. The highest BCUT2D eigenvalue weighted by Gasteiger charge is 2.34. The van der Waals surface area contributed by atoms with Gasteiger partial charge in [0.05, 0.1) is 7.11 Å². The normalized spacial score (nSPS) is 18.7. The van der Waals surface area contributed by atoms with Gasteiger partial charge in [-0.25, -0.2) is 0 Å². The minimum absolute atomic E-state index is 0.541. The lowest BCUT2D eigenvalue weighted by molar-refractivity contribution is 0.234. The van der Waals surface area contributed by atoms with E-state index in [1.165, 1.54) is 37.9 Å². The molecule has 0 N–H and O–H groups in total. The molecule has 0 radical (unpaired) electrons. The number of likely N-dealkylation sites (tertiary alicyclic amines) is 1. The van der Waals surface area contributed by atoms with Crippen molar-refractivity contribution in [3.63, 3.8) is 0 Å². The zero-order valence-corrected chi connectivity index (χ0v) is 13.8. The van der Waals surface area contributed by atoms with E-state index in [0.29, 0.717) is 5.41 Å². The van der Waals surface area contributed by atoms with Gasteiger partial charge in [0, 0.05) is 23.1 Å². The van der Waals surface area contributed by atoms with Gasteiger partial charge < -0.3 is 4.74 Å². The van der Waals surface area contributed by atoms with E-state index in [1.54, 1.807) is 7.11 Å². The topological polar surface area (TPSA) is 12.5 Å². The summed E-state index contributed by atoms with van der Waals surface area (Å²) < 4.78 is 6.59. The molecule has 0 spiro atoms. The summed E-state index contributed by atoms with van der Waals surface area (Å²) in [7, 11) is 1.75. The Labute approximate surface area is 125 Å². The van der Waals surface area contributed by atoms with E-state index < -0.39 is 0 Å². The second-order valence-electron chi connectivity index (χ2n) is 5.62. The molecule has 1 saturated heterocycles. The Morgan fingerprint density at radius 1 is 1.32 bits per heavy atom. The first-order chi connectivity index (χ1) is 9.12. The predicted octanol–water partition coefficient (Wildman–Crippen LogP) is 4.47. The summed E-state index contributed by atoms with van der Waals surface area (Å²) in [6.07, 6.45) is 3.90. The van der Waals surface area contributed by atoms with Gasteiger partial charge in [0.1, 0.15) is 5.75 Å². The summed E-state index contributed by atoms with van der Waals surface area (Å²) in [4.78, 5) is 2.57. The summed E-state index contributed by atoms with van der Waals surface area (Å²) in [5, 5.41) is 0. The van der Waals surface area contributed by atoms with Crippen LogP contribution in [0, 0.1) is 5.41 Å². The van der Waals surface area contributed by atoms with Gasteiger partial charge >= 0.3 is 0 Å². The van der Waals surface area contributed by atoms with E-state index in [-0.39, 0.29) is 0 Å². The quantitative estimate of drug-likeness (QED) is 0.791. The number of hydrogen-bond donors (Lipinski definition) is 0. The monoisotopic (exact) mass is 325 g/mol. The highest BCUT2D eigenvalue weighted by Crippen LogP contribution is 2.38. The SMILES string of the molecule is CCC1(CC)CCN(Cc2cc(Br)ccc2OC)C1. The van der Waals surface area contributed by atoms with Crippen LogP contribution in [-0.2, 0) is 6.54 Å². The summed E-state index contributed by atoms with van der Waals surface area (Å²) in [6.45, 7) is 8.07. The molecule has 0 bridgehead atoms. The maximum atomic E-state index is 5.47. The van der Waals surface area contributed by atoms with E-state index in [1.807, 2.05) is 12.1 Å². The Hall–Kier alpha value is -0.540. The number of methoxy groups -OCH3 is 1. The van der Waals surface area contributed by atoms with Crippen LogP contribution in [0.2, 0.25) is 0 Å². The molecule has 1 aliphatic rings. The minimum Gasteiger partial charge on any atom is -0.496 e. The Morgan fingerprint density at radius 2 is 2.05 bits per heavy atom. The third-order valence-electron chi connectivity index (χ3n) is 4.65. The van der Waals surface area contributed by atoms with Gasteiger partial charge in [-0.2, -0.15) is 0 Å². The second kappa shape index (κ2) is 6.27. The average Bonchev–Trinajstić information content (AvgIpc) is 2.83. The number of nitrogens with zero attached hydrogens (tertiary/aromatic N) is 1. The van der Waals surface area contributed by atoms with E-state index >= 15 is 0 Å². The molecular weight excluding hydrogens is 302 g/mol. The molecule has 1 aromatic rings. The molecule has 0 aromatic heterocycles. The molecule has 0 amide bonds. The predicted molar refractivity (Wildman–Crippen MR) is 83.6 cm³/mol. The molecular formula is C16H24BrNO. The van der Waals surface area contributed by atoms with Crippen molar-refractivity contribution in [1.82, 2.24) is 4.90 Å². The molecule has 1 heterocycles. The lowest BCUT2D eigenvalue weighted by Crippen LogP contribution is -2.26. The first-order valence-electron chi connectivity index (χ1n) is 7.17. The van der Waals surface area contributed by atoms with Crippen molar-refractivity contribution in [2.45, 2.75) is 39.7 Å². The molecule has 0 aliphatic carbocycles. The molecule has 1 aliphatic heterocycles. The van der Waals surface area contributed by atoms with Crippen LogP contribution in [0.4, 0.5) is 0 Å². The van der Waals surface area contributed by atoms with E-state index in [0.717, 1.165) is 16.8 Å². The largest absolute Gasteiger partial charge is 0.496 e. The Kier molecular flexibility index (Phi) is 4.91. The van der Waals surface area contributed by atoms with Crippen LogP contribution < -0.4 is 4.74 Å². The molecule has 106 valence electrons. The number of hydrogen-bond acceptors (Lipinski definition) is 2. The van der Waals surface area contributed by atoms with Crippen molar-refractivity contribution < 1.29 is 4.74 Å². The highest BCUT2D eigenvalue weighted by molar-refractivity contribution is 9.10. The summed E-state index contributed by atoms with van der Waals surface area (Å²) in [5.41, 5.74) is 1.82. The molecule has 3 heteroatoms. The summed E-state index contributed by atoms with van der Waals surface area (Å²) in [6, 6.07) is 6.26. The van der Waals surface area contributed by atoms with Gasteiger partial charge in [0.2, 0.25) is 0 Å². The molecule has 19 heavy (non-hydrogen) atoms. The van der Waals surface area contributed by atoms with Crippen LogP contribution in [0.15, 0.2) is 22.7 Å². The molecule has 0 atom stereocenters. The van der Waals surface area contributed by atoms with Gasteiger partial charge in [0.15, 0.2) is 0 Å². The van der Waals surface area contributed by atoms with Crippen LogP contribution in [0.25, 0.3) is 0 Å². The molecule has 0 unspecified atom stereocenters.